The van der Waals surface area contributed by atoms with Crippen LogP contribution >= 0.6 is 34.2 Å². The molecule has 4 heteroatoms. The first-order valence-electron chi connectivity index (χ1n) is 5.12. The van der Waals surface area contributed by atoms with E-state index in [1.165, 1.54) is 0 Å². The maximum atomic E-state index is 9.63. The van der Waals surface area contributed by atoms with Crippen molar-refractivity contribution >= 4 is 39.9 Å². The normalized spacial score (nSPS) is 10.2. The fourth-order valence-corrected chi connectivity index (χ4v) is 2.41. The zero-order chi connectivity index (χ0) is 12.3. The molecular weight excluding hydrogens is 349 g/mol. The molecule has 0 radical (unpaired) electrons. The summed E-state index contributed by atoms with van der Waals surface area (Å²) in [6.45, 7) is 0.549. The average molecular weight is 360 g/mol. The first-order chi connectivity index (χ1) is 8.16. The highest BCUT2D eigenvalue weighted by atomic mass is 127. The molecule has 0 spiro atoms. The molecule has 2 aromatic carbocycles. The van der Waals surface area contributed by atoms with Gasteiger partial charge in [0.25, 0.3) is 0 Å². The van der Waals surface area contributed by atoms with Gasteiger partial charge >= 0.3 is 0 Å². The van der Waals surface area contributed by atoms with Crippen molar-refractivity contribution in [2.75, 3.05) is 5.32 Å². The second-order valence-electron chi connectivity index (χ2n) is 3.61. The Morgan fingerprint density at radius 2 is 1.94 bits per heavy atom. The van der Waals surface area contributed by atoms with Crippen LogP contribution in [0.1, 0.15) is 5.56 Å². The van der Waals surface area contributed by atoms with Gasteiger partial charge in [-0.1, -0.05) is 29.8 Å². The van der Waals surface area contributed by atoms with E-state index in [1.807, 2.05) is 30.3 Å². The van der Waals surface area contributed by atoms with Crippen molar-refractivity contribution in [3.63, 3.8) is 0 Å². The molecule has 0 heterocycles. The van der Waals surface area contributed by atoms with Gasteiger partial charge < -0.3 is 10.4 Å². The molecule has 17 heavy (non-hydrogen) atoms. The topological polar surface area (TPSA) is 32.3 Å². The van der Waals surface area contributed by atoms with E-state index < -0.39 is 0 Å². The lowest BCUT2D eigenvalue weighted by Crippen LogP contribution is -2.00. The van der Waals surface area contributed by atoms with Crippen molar-refractivity contribution in [3.8, 4) is 5.75 Å². The van der Waals surface area contributed by atoms with Crippen LogP contribution in [0.2, 0.25) is 5.02 Å². The predicted octanol–water partition coefficient (Wildman–Crippen LogP) is 4.26. The van der Waals surface area contributed by atoms with E-state index in [-0.39, 0.29) is 0 Å². The quantitative estimate of drug-likeness (QED) is 0.803. The summed E-state index contributed by atoms with van der Waals surface area (Å²) in [5.74, 6) is 0.293. The van der Waals surface area contributed by atoms with Crippen LogP contribution in [0.15, 0.2) is 42.5 Å². The first kappa shape index (κ1) is 12.5. The van der Waals surface area contributed by atoms with Crippen LogP contribution in [0, 0.1) is 3.57 Å². The number of hydrogen-bond acceptors (Lipinski definition) is 2. The molecule has 0 bridgehead atoms. The Morgan fingerprint density at radius 1 is 1.18 bits per heavy atom. The number of phenols is 1. The zero-order valence-corrected chi connectivity index (χ0v) is 11.9. The van der Waals surface area contributed by atoms with Crippen molar-refractivity contribution in [2.45, 2.75) is 6.54 Å². The zero-order valence-electron chi connectivity index (χ0n) is 8.95. The van der Waals surface area contributed by atoms with Gasteiger partial charge in [-0.05, 0) is 46.9 Å². The number of benzene rings is 2. The summed E-state index contributed by atoms with van der Waals surface area (Å²) in [4.78, 5) is 0. The van der Waals surface area contributed by atoms with Crippen molar-refractivity contribution in [2.24, 2.45) is 0 Å². The van der Waals surface area contributed by atoms with Gasteiger partial charge in [0.2, 0.25) is 0 Å². The van der Waals surface area contributed by atoms with Crippen LogP contribution < -0.4 is 5.32 Å². The number of phenolic OH excluding ortho intramolecular Hbond substituents is 1. The SMILES string of the molecule is Oc1ccccc1CNc1ccc(I)cc1Cl. The van der Waals surface area contributed by atoms with Crippen molar-refractivity contribution in [1.29, 1.82) is 0 Å². The first-order valence-corrected chi connectivity index (χ1v) is 6.58. The maximum Gasteiger partial charge on any atom is 0.120 e. The predicted molar refractivity (Wildman–Crippen MR) is 79.6 cm³/mol. The Morgan fingerprint density at radius 3 is 2.65 bits per heavy atom. The molecule has 0 amide bonds. The Balaban J connectivity index is 2.10. The minimum atomic E-state index is 0.293. The standard InChI is InChI=1S/C13H11ClINO/c14-11-7-10(15)5-6-12(11)16-8-9-3-1-2-4-13(9)17/h1-7,16-17H,8H2. The van der Waals surface area contributed by atoms with Crippen LogP contribution in [-0.4, -0.2) is 5.11 Å². The molecule has 2 aromatic rings. The van der Waals surface area contributed by atoms with Gasteiger partial charge in [-0.25, -0.2) is 0 Å². The second-order valence-corrected chi connectivity index (χ2v) is 5.26. The van der Waals surface area contributed by atoms with E-state index in [0.29, 0.717) is 17.3 Å². The molecule has 0 saturated heterocycles. The fraction of sp³-hybridized carbons (Fsp3) is 0.0769. The Kier molecular flexibility index (Phi) is 4.12. The number of hydrogen-bond donors (Lipinski definition) is 2. The van der Waals surface area contributed by atoms with Crippen molar-refractivity contribution in [1.82, 2.24) is 0 Å². The van der Waals surface area contributed by atoms with Crippen LogP contribution in [-0.2, 0) is 6.54 Å². The van der Waals surface area contributed by atoms with E-state index in [2.05, 4.69) is 27.9 Å². The van der Waals surface area contributed by atoms with E-state index >= 15 is 0 Å². The van der Waals surface area contributed by atoms with Gasteiger partial charge in [0.05, 0.1) is 10.7 Å². The highest BCUT2D eigenvalue weighted by Crippen LogP contribution is 2.25. The maximum absolute atomic E-state index is 9.63. The number of aromatic hydroxyl groups is 1. The second kappa shape index (κ2) is 5.60. The number of rotatable bonds is 3. The molecule has 0 saturated carbocycles. The summed E-state index contributed by atoms with van der Waals surface area (Å²) >= 11 is 8.32. The Hall–Kier alpha value is -0.940. The van der Waals surface area contributed by atoms with E-state index in [9.17, 15) is 5.11 Å². The van der Waals surface area contributed by atoms with Gasteiger partial charge in [0.1, 0.15) is 5.75 Å². The molecule has 0 aliphatic rings. The third-order valence-corrected chi connectivity index (χ3v) is 3.38. The van der Waals surface area contributed by atoms with E-state index in [4.69, 9.17) is 11.6 Å². The molecule has 88 valence electrons. The smallest absolute Gasteiger partial charge is 0.120 e. The summed E-state index contributed by atoms with van der Waals surface area (Å²) in [5, 5.41) is 13.5. The monoisotopic (exact) mass is 359 g/mol. The molecule has 0 aliphatic heterocycles. The molecule has 0 atom stereocenters. The third-order valence-electron chi connectivity index (χ3n) is 2.39. The molecule has 0 fully saturated rings. The highest BCUT2D eigenvalue weighted by Gasteiger charge is 2.02. The molecule has 0 unspecified atom stereocenters. The molecule has 2 N–H and O–H groups in total. The lowest BCUT2D eigenvalue weighted by molar-refractivity contribution is 0.469. The summed E-state index contributed by atoms with van der Waals surface area (Å²) in [7, 11) is 0. The average Bonchev–Trinajstić information content (AvgIpc) is 2.30. The lowest BCUT2D eigenvalue weighted by atomic mass is 10.2. The summed E-state index contributed by atoms with van der Waals surface area (Å²) in [5.41, 5.74) is 1.72. The van der Waals surface area contributed by atoms with Gasteiger partial charge in [-0.2, -0.15) is 0 Å². The number of halogens is 2. The molecule has 0 aromatic heterocycles. The summed E-state index contributed by atoms with van der Waals surface area (Å²) in [6, 6.07) is 13.1. The van der Waals surface area contributed by atoms with Gasteiger partial charge in [-0.15, -0.1) is 0 Å². The van der Waals surface area contributed by atoms with Crippen LogP contribution in [0.25, 0.3) is 0 Å². The fourth-order valence-electron chi connectivity index (χ4n) is 1.48. The van der Waals surface area contributed by atoms with Crippen LogP contribution in [0.4, 0.5) is 5.69 Å². The number of nitrogens with one attached hydrogen (secondary N) is 1. The summed E-state index contributed by atoms with van der Waals surface area (Å²) in [6.07, 6.45) is 0. The van der Waals surface area contributed by atoms with Crippen LogP contribution in [0.3, 0.4) is 0 Å². The van der Waals surface area contributed by atoms with Crippen LogP contribution in [0.5, 0.6) is 5.75 Å². The molecule has 2 nitrogen and oxygen atoms in total. The molecule has 0 aliphatic carbocycles. The lowest BCUT2D eigenvalue weighted by Gasteiger charge is -2.09. The van der Waals surface area contributed by atoms with Gasteiger partial charge in [-0.3, -0.25) is 0 Å². The molecular formula is C13H11ClINO. The largest absolute Gasteiger partial charge is 0.508 e. The summed E-state index contributed by atoms with van der Waals surface area (Å²) < 4.78 is 1.10. The molecule has 2 rings (SSSR count). The van der Waals surface area contributed by atoms with Crippen molar-refractivity contribution in [3.05, 3.63) is 56.6 Å². The Bertz CT molecular complexity index is 531. The van der Waals surface area contributed by atoms with Crippen molar-refractivity contribution < 1.29 is 5.11 Å². The van der Waals surface area contributed by atoms with E-state index in [0.717, 1.165) is 14.8 Å². The van der Waals surface area contributed by atoms with E-state index in [1.54, 1.807) is 12.1 Å². The van der Waals surface area contributed by atoms with Gasteiger partial charge in [0.15, 0.2) is 0 Å². The highest BCUT2D eigenvalue weighted by molar-refractivity contribution is 14.1. The Labute approximate surface area is 119 Å². The number of anilines is 1. The number of para-hydroxylation sites is 1. The minimum absolute atomic E-state index is 0.293. The van der Waals surface area contributed by atoms with Gasteiger partial charge in [0, 0.05) is 15.7 Å². The minimum Gasteiger partial charge on any atom is -0.508 e. The third kappa shape index (κ3) is 3.26.